The highest BCUT2D eigenvalue weighted by Gasteiger charge is 2.14. The monoisotopic (exact) mass is 285 g/mol. The molecular weight excluding hydrogens is 281 g/mol. The fraction of sp³-hybridized carbons (Fsp3) is 0. The van der Waals surface area contributed by atoms with E-state index >= 15 is 0 Å². The zero-order valence-corrected chi connectivity index (χ0v) is 9.32. The summed E-state index contributed by atoms with van der Waals surface area (Å²) in [5.74, 6) is -1.35. The number of H-pyrrole nitrogens is 1. The molecule has 1 aromatic carbocycles. The molecule has 0 unspecified atom stereocenters. The zero-order chi connectivity index (χ0) is 11.5. The average Bonchev–Trinajstić information content (AvgIpc) is 2.76. The molecule has 1 aromatic heterocycles. The number of amides is 1. The summed E-state index contributed by atoms with van der Waals surface area (Å²) in [5, 5.41) is 14.6. The highest BCUT2D eigenvalue weighted by Crippen LogP contribution is 2.25. The number of tetrazole rings is 1. The highest BCUT2D eigenvalue weighted by molar-refractivity contribution is 9.10. The lowest BCUT2D eigenvalue weighted by atomic mass is 10.3. The summed E-state index contributed by atoms with van der Waals surface area (Å²) in [6.45, 7) is 0. The Morgan fingerprint density at radius 1 is 1.50 bits per heavy atom. The summed E-state index contributed by atoms with van der Waals surface area (Å²) in [7, 11) is 0. The lowest BCUT2D eigenvalue weighted by Crippen LogP contribution is -2.15. The quantitative estimate of drug-likeness (QED) is 0.873. The Bertz CT molecular complexity index is 495. The van der Waals surface area contributed by atoms with Crippen LogP contribution in [0.4, 0.5) is 10.1 Å². The van der Waals surface area contributed by atoms with E-state index in [4.69, 9.17) is 0 Å². The maximum atomic E-state index is 13.3. The van der Waals surface area contributed by atoms with Crippen molar-refractivity contribution >= 4 is 27.5 Å². The van der Waals surface area contributed by atoms with E-state index in [2.05, 4.69) is 41.9 Å². The number of rotatable bonds is 2. The van der Waals surface area contributed by atoms with Crippen LogP contribution in [0.25, 0.3) is 0 Å². The smallest absolute Gasteiger partial charge is 0.297 e. The molecule has 6 nitrogen and oxygen atoms in total. The van der Waals surface area contributed by atoms with Crippen molar-refractivity contribution in [2.24, 2.45) is 0 Å². The van der Waals surface area contributed by atoms with Gasteiger partial charge in [-0.25, -0.2) is 4.39 Å². The SMILES string of the molecule is O=C(Nc1c(F)cccc1Br)c1nn[nH]n1. The van der Waals surface area contributed by atoms with Gasteiger partial charge >= 0.3 is 0 Å². The number of carbonyl (C=O) groups is 1. The van der Waals surface area contributed by atoms with Crippen molar-refractivity contribution in [3.8, 4) is 0 Å². The molecule has 0 bridgehead atoms. The molecule has 8 heteroatoms. The minimum absolute atomic E-state index is 0.0392. The van der Waals surface area contributed by atoms with E-state index in [-0.39, 0.29) is 11.5 Å². The van der Waals surface area contributed by atoms with Crippen LogP contribution in [-0.2, 0) is 0 Å². The van der Waals surface area contributed by atoms with Crippen LogP contribution < -0.4 is 5.32 Å². The molecule has 2 aromatic rings. The van der Waals surface area contributed by atoms with E-state index in [1.165, 1.54) is 12.1 Å². The van der Waals surface area contributed by atoms with E-state index in [1.807, 2.05) is 0 Å². The molecule has 2 N–H and O–H groups in total. The molecule has 0 spiro atoms. The fourth-order valence-corrected chi connectivity index (χ4v) is 1.49. The Morgan fingerprint density at radius 3 is 2.94 bits per heavy atom. The van der Waals surface area contributed by atoms with Crippen LogP contribution in [0.1, 0.15) is 10.6 Å². The van der Waals surface area contributed by atoms with Gasteiger partial charge in [0.25, 0.3) is 11.7 Å². The van der Waals surface area contributed by atoms with Gasteiger partial charge in [0.1, 0.15) is 5.82 Å². The third-order valence-electron chi connectivity index (χ3n) is 1.75. The van der Waals surface area contributed by atoms with Crippen LogP contribution >= 0.6 is 15.9 Å². The number of aromatic amines is 1. The lowest BCUT2D eigenvalue weighted by molar-refractivity contribution is 0.101. The van der Waals surface area contributed by atoms with Crippen molar-refractivity contribution in [1.29, 1.82) is 0 Å². The molecule has 0 aliphatic rings. The summed E-state index contributed by atoms with van der Waals surface area (Å²) >= 11 is 3.12. The second kappa shape index (κ2) is 4.35. The Hall–Kier alpha value is -1.83. The van der Waals surface area contributed by atoms with Gasteiger partial charge in [-0.15, -0.1) is 10.2 Å². The zero-order valence-electron chi connectivity index (χ0n) is 7.74. The second-order valence-electron chi connectivity index (χ2n) is 2.79. The summed E-state index contributed by atoms with van der Waals surface area (Å²) in [5.41, 5.74) is 0.0392. The van der Waals surface area contributed by atoms with Gasteiger partial charge in [-0.3, -0.25) is 4.79 Å². The van der Waals surface area contributed by atoms with Gasteiger partial charge in [0.2, 0.25) is 0 Å². The summed E-state index contributed by atoms with van der Waals surface area (Å²) in [6, 6.07) is 4.36. The number of hydrogen-bond donors (Lipinski definition) is 2. The third-order valence-corrected chi connectivity index (χ3v) is 2.41. The molecular formula is C8H5BrFN5O. The number of benzene rings is 1. The van der Waals surface area contributed by atoms with E-state index in [0.717, 1.165) is 0 Å². The van der Waals surface area contributed by atoms with Crippen molar-refractivity contribution in [2.75, 3.05) is 5.32 Å². The first-order chi connectivity index (χ1) is 7.68. The van der Waals surface area contributed by atoms with Crippen LogP contribution in [0, 0.1) is 5.82 Å². The molecule has 0 aliphatic heterocycles. The number of hydrogen-bond acceptors (Lipinski definition) is 4. The molecule has 0 saturated carbocycles. The fourth-order valence-electron chi connectivity index (χ4n) is 1.04. The second-order valence-corrected chi connectivity index (χ2v) is 3.64. The molecule has 0 radical (unpaired) electrons. The number of halogens is 2. The number of nitrogens with zero attached hydrogens (tertiary/aromatic N) is 3. The van der Waals surface area contributed by atoms with Gasteiger partial charge in [-0.05, 0) is 33.3 Å². The maximum absolute atomic E-state index is 13.3. The van der Waals surface area contributed by atoms with Crippen LogP contribution in [0.2, 0.25) is 0 Å². The van der Waals surface area contributed by atoms with Gasteiger partial charge in [0.05, 0.1) is 5.69 Å². The maximum Gasteiger partial charge on any atom is 0.297 e. The number of aromatic nitrogens is 4. The molecule has 0 saturated heterocycles. The highest BCUT2D eigenvalue weighted by atomic mass is 79.9. The number of nitrogens with one attached hydrogen (secondary N) is 2. The Labute approximate surface area is 97.4 Å². The lowest BCUT2D eigenvalue weighted by Gasteiger charge is -2.05. The minimum Gasteiger partial charge on any atom is -0.316 e. The van der Waals surface area contributed by atoms with E-state index < -0.39 is 11.7 Å². The molecule has 0 atom stereocenters. The first kappa shape index (κ1) is 10.7. The summed E-state index contributed by atoms with van der Waals surface area (Å²) in [4.78, 5) is 11.5. The normalized spacial score (nSPS) is 10.1. The summed E-state index contributed by atoms with van der Waals surface area (Å²) < 4.78 is 13.8. The largest absolute Gasteiger partial charge is 0.316 e. The topological polar surface area (TPSA) is 83.6 Å². The molecule has 2 rings (SSSR count). The van der Waals surface area contributed by atoms with Gasteiger partial charge in [-0.1, -0.05) is 6.07 Å². The summed E-state index contributed by atoms with van der Waals surface area (Å²) in [6.07, 6.45) is 0. The Morgan fingerprint density at radius 2 is 2.31 bits per heavy atom. The van der Waals surface area contributed by atoms with Crippen molar-refractivity contribution in [3.05, 3.63) is 34.3 Å². The van der Waals surface area contributed by atoms with Gasteiger partial charge < -0.3 is 5.32 Å². The van der Waals surface area contributed by atoms with Crippen molar-refractivity contribution in [3.63, 3.8) is 0 Å². The molecule has 0 aliphatic carbocycles. The van der Waals surface area contributed by atoms with Gasteiger partial charge in [0, 0.05) is 4.47 Å². The van der Waals surface area contributed by atoms with Crippen molar-refractivity contribution in [2.45, 2.75) is 0 Å². The molecule has 1 heterocycles. The van der Waals surface area contributed by atoms with E-state index in [1.54, 1.807) is 6.07 Å². The average molecular weight is 286 g/mol. The predicted octanol–water partition coefficient (Wildman–Crippen LogP) is 1.35. The van der Waals surface area contributed by atoms with E-state index in [0.29, 0.717) is 4.47 Å². The number of carbonyl (C=O) groups excluding carboxylic acids is 1. The first-order valence-electron chi connectivity index (χ1n) is 4.17. The third kappa shape index (κ3) is 2.06. The van der Waals surface area contributed by atoms with Crippen LogP contribution in [0.5, 0.6) is 0 Å². The predicted molar refractivity (Wildman–Crippen MR) is 56.2 cm³/mol. The number of para-hydroxylation sites is 1. The Balaban J connectivity index is 2.25. The van der Waals surface area contributed by atoms with Crippen LogP contribution in [0.15, 0.2) is 22.7 Å². The molecule has 16 heavy (non-hydrogen) atoms. The Kier molecular flexibility index (Phi) is 2.91. The van der Waals surface area contributed by atoms with E-state index in [9.17, 15) is 9.18 Å². The van der Waals surface area contributed by atoms with Crippen molar-refractivity contribution in [1.82, 2.24) is 20.6 Å². The minimum atomic E-state index is -0.639. The molecule has 82 valence electrons. The first-order valence-corrected chi connectivity index (χ1v) is 4.96. The molecule has 1 amide bonds. The van der Waals surface area contributed by atoms with Crippen LogP contribution in [-0.4, -0.2) is 26.5 Å². The molecule has 0 fully saturated rings. The standard InChI is InChI=1S/C8H5BrFN5O/c9-4-2-1-3-5(10)6(4)11-8(16)7-12-14-15-13-7/h1-3H,(H,11,16)(H,12,13,14,15). The van der Waals surface area contributed by atoms with Gasteiger partial charge in [-0.2, -0.15) is 5.21 Å². The number of anilines is 1. The van der Waals surface area contributed by atoms with Crippen molar-refractivity contribution < 1.29 is 9.18 Å². The van der Waals surface area contributed by atoms with Gasteiger partial charge in [0.15, 0.2) is 0 Å². The van der Waals surface area contributed by atoms with Crippen LogP contribution in [0.3, 0.4) is 0 Å².